The third-order valence-corrected chi connectivity index (χ3v) is 5.93. The van der Waals surface area contributed by atoms with Gasteiger partial charge in [0.05, 0.1) is 37.6 Å². The first-order chi connectivity index (χ1) is 8.72. The van der Waals surface area contributed by atoms with Crippen molar-refractivity contribution < 1.29 is 20.2 Å². The van der Waals surface area contributed by atoms with E-state index in [1.165, 1.54) is 39.3 Å². The molecule has 2 unspecified atom stereocenters. The highest BCUT2D eigenvalue weighted by Gasteiger charge is 2.66. The maximum atomic E-state index is 11.5. The van der Waals surface area contributed by atoms with Crippen molar-refractivity contribution in [1.82, 2.24) is 0 Å². The minimum atomic E-state index is -0.461. The highest BCUT2D eigenvalue weighted by molar-refractivity contribution is 5.04. The molecule has 4 fully saturated rings. The molecule has 19 heavy (non-hydrogen) atoms. The second-order valence-corrected chi connectivity index (χ2v) is 8.72. The first-order valence-corrected chi connectivity index (χ1v) is 7.96. The number of nitrogens with two attached hydrogens (primary N) is 1. The average molecular weight is 270 g/mol. The predicted molar refractivity (Wildman–Crippen MR) is 74.2 cm³/mol. The van der Waals surface area contributed by atoms with Gasteiger partial charge >= 0.3 is 0 Å². The van der Waals surface area contributed by atoms with E-state index in [4.69, 9.17) is 0 Å². The van der Waals surface area contributed by atoms with Crippen molar-refractivity contribution in [1.29, 1.82) is 0 Å². The van der Waals surface area contributed by atoms with E-state index in [2.05, 4.69) is 33.0 Å². The number of aliphatic hydroxyl groups is 1. The van der Waals surface area contributed by atoms with Crippen LogP contribution in [0.2, 0.25) is 0 Å². The summed E-state index contributed by atoms with van der Waals surface area (Å²) in [6.07, 6.45) is 0. The predicted octanol–water partition coefficient (Wildman–Crippen LogP) is -3.49. The fraction of sp³-hybridized carbons (Fsp3) is 1.00. The highest BCUT2D eigenvalue weighted by Crippen LogP contribution is 2.38. The normalized spacial score (nSPS) is 49.4. The van der Waals surface area contributed by atoms with Crippen LogP contribution in [0.4, 0.5) is 0 Å². The number of hydrogen-bond donors (Lipinski definition) is 4. The van der Waals surface area contributed by atoms with Gasteiger partial charge in [0, 0.05) is 0 Å². The summed E-state index contributed by atoms with van der Waals surface area (Å²) in [5.41, 5.74) is -0.147. The summed E-state index contributed by atoms with van der Waals surface area (Å²) in [6, 6.07) is 0. The van der Waals surface area contributed by atoms with Crippen molar-refractivity contribution in [3.63, 3.8) is 0 Å². The first kappa shape index (κ1) is 13.8. The molecule has 4 aliphatic rings. The molecule has 0 aromatic carbocycles. The van der Waals surface area contributed by atoms with E-state index >= 15 is 0 Å². The Balaban J connectivity index is 1.85. The van der Waals surface area contributed by atoms with E-state index in [1.54, 1.807) is 9.80 Å². The van der Waals surface area contributed by atoms with Crippen molar-refractivity contribution in [3.8, 4) is 0 Å². The zero-order chi connectivity index (χ0) is 13.9. The van der Waals surface area contributed by atoms with Gasteiger partial charge in [-0.2, -0.15) is 0 Å². The smallest absolute Gasteiger partial charge is 0.143 e. The lowest BCUT2D eigenvalue weighted by Gasteiger charge is -2.54. The minimum absolute atomic E-state index is 0.108. The summed E-state index contributed by atoms with van der Waals surface area (Å²) in [5, 5.41) is 13.8. The van der Waals surface area contributed by atoms with E-state index in [0.29, 0.717) is 5.92 Å². The number of hydrogen-bond acceptors (Lipinski definition) is 1. The third kappa shape index (κ3) is 2.23. The molecule has 4 nitrogen and oxygen atoms in total. The molecule has 4 saturated heterocycles. The highest BCUT2D eigenvalue weighted by atomic mass is 16.3. The van der Waals surface area contributed by atoms with E-state index in [0.717, 1.165) is 6.54 Å². The maximum absolute atomic E-state index is 11.5. The molecule has 4 heteroatoms. The van der Waals surface area contributed by atoms with Crippen LogP contribution < -0.4 is 15.1 Å². The van der Waals surface area contributed by atoms with E-state index in [9.17, 15) is 5.11 Å². The van der Waals surface area contributed by atoms with Gasteiger partial charge in [-0.25, -0.2) is 0 Å². The van der Waals surface area contributed by atoms with Crippen LogP contribution in [-0.2, 0) is 0 Å². The van der Waals surface area contributed by atoms with Crippen LogP contribution in [0.1, 0.15) is 27.7 Å². The molecule has 0 aromatic heterocycles. The Kier molecular flexibility index (Phi) is 3.03. The second kappa shape index (κ2) is 4.17. The van der Waals surface area contributed by atoms with Gasteiger partial charge in [-0.05, 0) is 27.7 Å². The largest absolute Gasteiger partial charge is 0.382 e. The Bertz CT molecular complexity index is 349. The molecule has 110 valence electrons. The summed E-state index contributed by atoms with van der Waals surface area (Å²) >= 11 is 0. The van der Waals surface area contributed by atoms with Gasteiger partial charge in [0.25, 0.3) is 0 Å². The third-order valence-electron chi connectivity index (χ3n) is 5.93. The fourth-order valence-electron chi connectivity index (χ4n) is 4.83. The van der Waals surface area contributed by atoms with Crippen LogP contribution in [0.3, 0.4) is 0 Å². The number of fused-ring (bicyclic) bond motifs is 1. The Morgan fingerprint density at radius 1 is 1.16 bits per heavy atom. The summed E-state index contributed by atoms with van der Waals surface area (Å²) in [4.78, 5) is 3.47. The van der Waals surface area contributed by atoms with Gasteiger partial charge in [-0.3, -0.25) is 0 Å². The van der Waals surface area contributed by atoms with Gasteiger partial charge in [-0.1, -0.05) is 0 Å². The topological polar surface area (TPSA) is 45.7 Å². The van der Waals surface area contributed by atoms with E-state index in [-0.39, 0.29) is 11.0 Å². The van der Waals surface area contributed by atoms with Crippen molar-refractivity contribution >= 4 is 0 Å². The van der Waals surface area contributed by atoms with Gasteiger partial charge in [0.1, 0.15) is 30.7 Å². The van der Waals surface area contributed by atoms with Crippen LogP contribution in [-0.4, -0.2) is 62.1 Å². The molecule has 5 N–H and O–H groups in total. The Morgan fingerprint density at radius 2 is 1.68 bits per heavy atom. The van der Waals surface area contributed by atoms with Crippen LogP contribution in [0, 0.1) is 11.3 Å². The van der Waals surface area contributed by atoms with Crippen molar-refractivity contribution in [2.24, 2.45) is 11.3 Å². The molecule has 0 aliphatic carbocycles. The van der Waals surface area contributed by atoms with Crippen molar-refractivity contribution in [2.45, 2.75) is 38.8 Å². The molecule has 4 bridgehead atoms. The Labute approximate surface area is 117 Å². The molecule has 0 saturated carbocycles. The Hall–Kier alpha value is -0.160. The number of rotatable bonds is 2. The van der Waals surface area contributed by atoms with Crippen LogP contribution in [0.5, 0.6) is 0 Å². The molecule has 3 atom stereocenters. The summed E-state index contributed by atoms with van der Waals surface area (Å²) < 4.78 is 0. The zero-order valence-corrected chi connectivity index (χ0v) is 13.1. The second-order valence-electron chi connectivity index (χ2n) is 8.72. The molecule has 4 heterocycles. The maximum Gasteiger partial charge on any atom is 0.143 e. The lowest BCUT2D eigenvalue weighted by atomic mass is 9.61. The van der Waals surface area contributed by atoms with Gasteiger partial charge in [0.2, 0.25) is 0 Å². The van der Waals surface area contributed by atoms with Gasteiger partial charge in [0.15, 0.2) is 0 Å². The molecule has 0 radical (unpaired) electrons. The van der Waals surface area contributed by atoms with Gasteiger partial charge in [-0.15, -0.1) is 0 Å². The standard InChI is InChI=1S/C15H29N3O/c1-13(2,3)16-9-15(19)12-7-17-5-6-18(8-12)11-14(15,4)10-17/h12,16,19H,5-11H2,1-4H3/p+3/t12?,14?,15-/m1/s1. The molecular weight excluding hydrogens is 238 g/mol. The molecule has 4 rings (SSSR count). The lowest BCUT2D eigenvalue weighted by Crippen LogP contribution is -3.19. The van der Waals surface area contributed by atoms with E-state index in [1.807, 2.05) is 0 Å². The van der Waals surface area contributed by atoms with Crippen LogP contribution in [0.25, 0.3) is 0 Å². The molecule has 0 aromatic rings. The van der Waals surface area contributed by atoms with Gasteiger partial charge < -0.3 is 20.2 Å². The van der Waals surface area contributed by atoms with Crippen LogP contribution in [0.15, 0.2) is 0 Å². The number of piperidine rings is 2. The summed E-state index contributed by atoms with van der Waals surface area (Å²) in [5.74, 6) is 0.492. The number of quaternary nitrogens is 3. The number of nitrogens with one attached hydrogen (secondary N) is 2. The molecule has 0 spiro atoms. The molecule has 4 aliphatic heterocycles. The first-order valence-electron chi connectivity index (χ1n) is 7.96. The molecule has 0 amide bonds. The lowest BCUT2D eigenvalue weighted by molar-refractivity contribution is -0.918. The summed E-state index contributed by atoms with van der Waals surface area (Å²) in [6.45, 7) is 17.3. The molecular formula is C15H32N3O+3. The van der Waals surface area contributed by atoms with Crippen LogP contribution >= 0.6 is 0 Å². The fourth-order valence-corrected chi connectivity index (χ4v) is 4.83. The zero-order valence-electron chi connectivity index (χ0n) is 13.1. The van der Waals surface area contributed by atoms with Crippen molar-refractivity contribution in [2.75, 3.05) is 45.8 Å². The van der Waals surface area contributed by atoms with E-state index < -0.39 is 5.60 Å². The SMILES string of the molecule is CC(C)(C)[NH2+]C[C@@]1(O)C2C[NH+]3CC[NH+](C2)CC1(C)C3. The minimum Gasteiger partial charge on any atom is -0.382 e. The average Bonchev–Trinajstić information content (AvgIpc) is 2.51. The summed E-state index contributed by atoms with van der Waals surface area (Å²) in [7, 11) is 0. The monoisotopic (exact) mass is 270 g/mol. The van der Waals surface area contributed by atoms with Crippen molar-refractivity contribution in [3.05, 3.63) is 0 Å². The quantitative estimate of drug-likeness (QED) is 0.414. The Morgan fingerprint density at radius 3 is 2.11 bits per heavy atom.